The largest absolute Gasteiger partial charge is 0.484 e. The molecule has 0 radical (unpaired) electrons. The number of oxazole rings is 1. The SMILES string of the molecule is N#Cc1nc(COc2ccc(Cl)cc2)oc1N(Cc1ccccc1)Cc1ccccc1. The van der Waals surface area contributed by atoms with E-state index in [-0.39, 0.29) is 12.3 Å². The van der Waals surface area contributed by atoms with E-state index >= 15 is 0 Å². The molecule has 4 aromatic rings. The average molecular weight is 430 g/mol. The Hall–Kier alpha value is -3.75. The van der Waals surface area contributed by atoms with Gasteiger partial charge in [0.25, 0.3) is 0 Å². The first-order chi connectivity index (χ1) is 15.2. The van der Waals surface area contributed by atoms with E-state index in [4.69, 9.17) is 20.8 Å². The van der Waals surface area contributed by atoms with E-state index < -0.39 is 0 Å². The van der Waals surface area contributed by atoms with Crippen LogP contribution in [-0.2, 0) is 19.7 Å². The lowest BCUT2D eigenvalue weighted by molar-refractivity contribution is 0.263. The van der Waals surface area contributed by atoms with Crippen LogP contribution in [0, 0.1) is 11.3 Å². The second kappa shape index (κ2) is 9.84. The molecule has 31 heavy (non-hydrogen) atoms. The molecule has 0 saturated carbocycles. The third-order valence-electron chi connectivity index (χ3n) is 4.66. The normalized spacial score (nSPS) is 10.5. The monoisotopic (exact) mass is 429 g/mol. The molecule has 0 spiro atoms. The van der Waals surface area contributed by atoms with E-state index in [1.807, 2.05) is 65.6 Å². The molecule has 0 atom stereocenters. The van der Waals surface area contributed by atoms with E-state index in [1.54, 1.807) is 24.3 Å². The van der Waals surface area contributed by atoms with Gasteiger partial charge in [0.05, 0.1) is 0 Å². The van der Waals surface area contributed by atoms with Crippen molar-refractivity contribution in [1.82, 2.24) is 4.98 Å². The van der Waals surface area contributed by atoms with Gasteiger partial charge in [-0.05, 0) is 35.4 Å². The molecule has 0 saturated heterocycles. The molecule has 0 aliphatic heterocycles. The third kappa shape index (κ3) is 5.44. The predicted octanol–water partition coefficient (Wildman–Crippen LogP) is 5.99. The minimum Gasteiger partial charge on any atom is -0.484 e. The van der Waals surface area contributed by atoms with Crippen molar-refractivity contribution >= 4 is 17.5 Å². The number of benzene rings is 3. The molecule has 1 aromatic heterocycles. The fourth-order valence-corrected chi connectivity index (χ4v) is 3.31. The summed E-state index contributed by atoms with van der Waals surface area (Å²) in [5.41, 5.74) is 2.46. The van der Waals surface area contributed by atoms with Gasteiger partial charge in [0.15, 0.2) is 6.61 Å². The minimum absolute atomic E-state index is 0.112. The quantitative estimate of drug-likeness (QED) is 0.344. The summed E-state index contributed by atoms with van der Waals surface area (Å²) in [6.45, 7) is 1.27. The summed E-state index contributed by atoms with van der Waals surface area (Å²) < 4.78 is 11.7. The highest BCUT2D eigenvalue weighted by atomic mass is 35.5. The summed E-state index contributed by atoms with van der Waals surface area (Å²) in [4.78, 5) is 6.36. The molecule has 6 heteroatoms. The van der Waals surface area contributed by atoms with Crippen LogP contribution in [0.1, 0.15) is 22.7 Å². The van der Waals surface area contributed by atoms with Gasteiger partial charge in [-0.15, -0.1) is 0 Å². The van der Waals surface area contributed by atoms with Crippen LogP contribution in [-0.4, -0.2) is 4.98 Å². The molecule has 0 unspecified atom stereocenters. The van der Waals surface area contributed by atoms with Crippen molar-refractivity contribution in [2.24, 2.45) is 0 Å². The van der Waals surface area contributed by atoms with Gasteiger partial charge >= 0.3 is 0 Å². The topological polar surface area (TPSA) is 62.3 Å². The summed E-state index contributed by atoms with van der Waals surface area (Å²) in [6.07, 6.45) is 0. The Labute approximate surface area is 186 Å². The maximum atomic E-state index is 9.67. The molecule has 4 rings (SSSR count). The fraction of sp³-hybridized carbons (Fsp3) is 0.120. The number of ether oxygens (including phenoxy) is 1. The maximum absolute atomic E-state index is 9.67. The molecule has 0 aliphatic rings. The highest BCUT2D eigenvalue weighted by Gasteiger charge is 2.21. The van der Waals surface area contributed by atoms with Gasteiger partial charge in [0, 0.05) is 18.1 Å². The van der Waals surface area contributed by atoms with Crippen molar-refractivity contribution in [3.63, 3.8) is 0 Å². The van der Waals surface area contributed by atoms with Gasteiger partial charge in [-0.2, -0.15) is 10.2 Å². The Morgan fingerprint density at radius 1 is 0.871 bits per heavy atom. The zero-order valence-corrected chi connectivity index (χ0v) is 17.5. The molecule has 0 N–H and O–H groups in total. The Bertz CT molecular complexity index is 1110. The lowest BCUT2D eigenvalue weighted by Crippen LogP contribution is -2.22. The molecule has 1 heterocycles. The number of rotatable bonds is 8. The molecule has 0 aliphatic carbocycles. The van der Waals surface area contributed by atoms with E-state index in [2.05, 4.69) is 11.1 Å². The number of anilines is 1. The molecule has 3 aromatic carbocycles. The van der Waals surface area contributed by atoms with Gasteiger partial charge in [-0.25, -0.2) is 0 Å². The summed E-state index contributed by atoms with van der Waals surface area (Å²) in [7, 11) is 0. The van der Waals surface area contributed by atoms with Crippen molar-refractivity contribution in [3.8, 4) is 11.8 Å². The molecule has 154 valence electrons. The molecule has 0 amide bonds. The van der Waals surface area contributed by atoms with Crippen molar-refractivity contribution in [2.75, 3.05) is 4.90 Å². The number of aromatic nitrogens is 1. The first-order valence-electron chi connectivity index (χ1n) is 9.82. The van der Waals surface area contributed by atoms with Gasteiger partial charge in [-0.1, -0.05) is 72.3 Å². The van der Waals surface area contributed by atoms with Crippen LogP contribution in [0.2, 0.25) is 5.02 Å². The highest BCUT2D eigenvalue weighted by Crippen LogP contribution is 2.26. The van der Waals surface area contributed by atoms with E-state index in [0.29, 0.717) is 35.6 Å². The number of halogens is 1. The lowest BCUT2D eigenvalue weighted by atomic mass is 10.1. The smallest absolute Gasteiger partial charge is 0.236 e. The Kier molecular flexibility index (Phi) is 6.51. The van der Waals surface area contributed by atoms with Crippen LogP contribution in [0.3, 0.4) is 0 Å². The summed E-state index contributed by atoms with van der Waals surface area (Å²) in [5, 5.41) is 10.3. The predicted molar refractivity (Wildman–Crippen MR) is 120 cm³/mol. The summed E-state index contributed by atoms with van der Waals surface area (Å²) in [6, 6.07) is 29.3. The van der Waals surface area contributed by atoms with Gasteiger partial charge in [0.2, 0.25) is 17.5 Å². The van der Waals surface area contributed by atoms with Crippen LogP contribution < -0.4 is 9.64 Å². The van der Waals surface area contributed by atoms with Crippen LogP contribution in [0.4, 0.5) is 5.88 Å². The van der Waals surface area contributed by atoms with Crippen molar-refractivity contribution in [3.05, 3.63) is 113 Å². The van der Waals surface area contributed by atoms with Gasteiger partial charge < -0.3 is 14.1 Å². The van der Waals surface area contributed by atoms with Crippen molar-refractivity contribution in [2.45, 2.75) is 19.7 Å². The summed E-state index contributed by atoms with van der Waals surface area (Å²) in [5.74, 6) is 1.42. The molecule has 0 fully saturated rings. The Morgan fingerprint density at radius 2 is 1.45 bits per heavy atom. The van der Waals surface area contributed by atoms with E-state index in [0.717, 1.165) is 11.1 Å². The standard InChI is InChI=1S/C25H20ClN3O2/c26-21-11-13-22(14-12-21)30-18-24-28-23(15-27)25(31-24)29(16-19-7-3-1-4-8-19)17-20-9-5-2-6-10-20/h1-14H,16-18H2. The lowest BCUT2D eigenvalue weighted by Gasteiger charge is -2.22. The van der Waals surface area contributed by atoms with Crippen LogP contribution in [0.25, 0.3) is 0 Å². The first kappa shape index (κ1) is 20.5. The molecular formula is C25H20ClN3O2. The van der Waals surface area contributed by atoms with Crippen LogP contribution >= 0.6 is 11.6 Å². The number of hydrogen-bond donors (Lipinski definition) is 0. The zero-order valence-electron chi connectivity index (χ0n) is 16.7. The number of nitrogens with zero attached hydrogens (tertiary/aromatic N) is 3. The first-order valence-corrected chi connectivity index (χ1v) is 10.2. The summed E-state index contributed by atoms with van der Waals surface area (Å²) >= 11 is 5.91. The maximum Gasteiger partial charge on any atom is 0.236 e. The molecule has 5 nitrogen and oxygen atoms in total. The van der Waals surface area contributed by atoms with E-state index in [9.17, 15) is 5.26 Å². The second-order valence-electron chi connectivity index (χ2n) is 6.94. The second-order valence-corrected chi connectivity index (χ2v) is 7.38. The minimum atomic E-state index is 0.112. The van der Waals surface area contributed by atoms with Crippen LogP contribution in [0.5, 0.6) is 5.75 Å². The number of nitriles is 1. The third-order valence-corrected chi connectivity index (χ3v) is 4.91. The highest BCUT2D eigenvalue weighted by molar-refractivity contribution is 6.30. The van der Waals surface area contributed by atoms with E-state index in [1.165, 1.54) is 0 Å². The fourth-order valence-electron chi connectivity index (χ4n) is 3.19. The van der Waals surface area contributed by atoms with Crippen LogP contribution in [0.15, 0.2) is 89.3 Å². The Morgan fingerprint density at radius 3 is 2.00 bits per heavy atom. The van der Waals surface area contributed by atoms with Crippen molar-refractivity contribution < 1.29 is 9.15 Å². The zero-order chi connectivity index (χ0) is 21.5. The average Bonchev–Trinajstić information content (AvgIpc) is 3.23. The molecule has 0 bridgehead atoms. The van der Waals surface area contributed by atoms with Gasteiger partial charge in [-0.3, -0.25) is 0 Å². The molecular weight excluding hydrogens is 410 g/mol. The number of hydrogen-bond acceptors (Lipinski definition) is 5. The van der Waals surface area contributed by atoms with Gasteiger partial charge in [0.1, 0.15) is 11.8 Å². The Balaban J connectivity index is 1.58. The van der Waals surface area contributed by atoms with Crippen molar-refractivity contribution in [1.29, 1.82) is 5.26 Å².